The summed E-state index contributed by atoms with van der Waals surface area (Å²) in [6.07, 6.45) is 3.24. The Morgan fingerprint density at radius 2 is 2.42 bits per heavy atom. The molecule has 0 bridgehead atoms. The molecule has 0 radical (unpaired) electrons. The fourth-order valence-electron chi connectivity index (χ4n) is 0.995. The lowest BCUT2D eigenvalue weighted by atomic mass is 10.2. The van der Waals surface area contributed by atoms with Gasteiger partial charge in [0.2, 0.25) is 0 Å². The van der Waals surface area contributed by atoms with Gasteiger partial charge in [0.05, 0.1) is 0 Å². The van der Waals surface area contributed by atoms with Crippen LogP contribution in [0.1, 0.15) is 24.6 Å². The van der Waals surface area contributed by atoms with Crippen molar-refractivity contribution in [2.45, 2.75) is 31.6 Å². The molecule has 0 aliphatic heterocycles. The van der Waals surface area contributed by atoms with E-state index >= 15 is 0 Å². The molecule has 0 amide bonds. The van der Waals surface area contributed by atoms with Crippen molar-refractivity contribution in [1.82, 2.24) is 0 Å². The first kappa shape index (κ1) is 10.6. The topological polar surface area (TPSA) is 0 Å². The fraction of sp³-hybridized carbons (Fsp3) is 0.556. The molecule has 0 aliphatic carbocycles. The maximum absolute atomic E-state index is 6.02. The standard InChI is InChI=1S/C9H12BrClS/c1-2-7(11)3-4-9-8(10)5-6-12-9/h5-7H,2-4H2,1H3. The minimum absolute atomic E-state index is 0.332. The lowest BCUT2D eigenvalue weighted by Gasteiger charge is -2.04. The molecular formula is C9H12BrClS. The molecule has 1 heterocycles. The summed E-state index contributed by atoms with van der Waals surface area (Å²) in [5, 5.41) is 2.44. The van der Waals surface area contributed by atoms with E-state index in [0.29, 0.717) is 5.38 Å². The first-order chi connectivity index (χ1) is 5.74. The molecule has 0 aliphatic rings. The molecule has 1 atom stereocenters. The number of rotatable bonds is 4. The van der Waals surface area contributed by atoms with Crippen molar-refractivity contribution in [3.05, 3.63) is 20.8 Å². The van der Waals surface area contributed by atoms with Gasteiger partial charge in [-0.1, -0.05) is 6.92 Å². The molecule has 0 N–H and O–H groups in total. The van der Waals surface area contributed by atoms with Crippen molar-refractivity contribution in [3.63, 3.8) is 0 Å². The highest BCUT2D eigenvalue weighted by Crippen LogP contribution is 2.25. The molecule has 68 valence electrons. The SMILES string of the molecule is CCC(Cl)CCc1sccc1Br. The number of hydrogen-bond donors (Lipinski definition) is 0. The van der Waals surface area contributed by atoms with Gasteiger partial charge in [0.15, 0.2) is 0 Å². The highest BCUT2D eigenvalue weighted by atomic mass is 79.9. The van der Waals surface area contributed by atoms with Crippen LogP contribution in [-0.2, 0) is 6.42 Å². The summed E-state index contributed by atoms with van der Waals surface area (Å²) in [6, 6.07) is 2.09. The monoisotopic (exact) mass is 266 g/mol. The average Bonchev–Trinajstić information content (AvgIpc) is 2.47. The van der Waals surface area contributed by atoms with Crippen LogP contribution in [-0.4, -0.2) is 5.38 Å². The van der Waals surface area contributed by atoms with Gasteiger partial charge in [-0.3, -0.25) is 0 Å². The molecule has 1 rings (SSSR count). The summed E-state index contributed by atoms with van der Waals surface area (Å²) in [5.74, 6) is 0. The molecule has 1 unspecified atom stereocenters. The summed E-state index contributed by atoms with van der Waals surface area (Å²) >= 11 is 11.3. The van der Waals surface area contributed by atoms with Gasteiger partial charge in [-0.15, -0.1) is 22.9 Å². The molecule has 3 heteroatoms. The van der Waals surface area contributed by atoms with Gasteiger partial charge in [-0.25, -0.2) is 0 Å². The van der Waals surface area contributed by atoms with Gasteiger partial charge < -0.3 is 0 Å². The minimum Gasteiger partial charge on any atom is -0.148 e. The van der Waals surface area contributed by atoms with Gasteiger partial charge in [0.1, 0.15) is 0 Å². The fourth-order valence-corrected chi connectivity index (χ4v) is 2.67. The Balaban J connectivity index is 2.38. The summed E-state index contributed by atoms with van der Waals surface area (Å²) in [7, 11) is 0. The minimum atomic E-state index is 0.332. The van der Waals surface area contributed by atoms with E-state index in [9.17, 15) is 0 Å². The van der Waals surface area contributed by atoms with Gasteiger partial charge in [-0.2, -0.15) is 0 Å². The summed E-state index contributed by atoms with van der Waals surface area (Å²) < 4.78 is 1.23. The third-order valence-electron chi connectivity index (χ3n) is 1.82. The Morgan fingerprint density at radius 3 is 2.92 bits per heavy atom. The van der Waals surface area contributed by atoms with Gasteiger partial charge in [0.25, 0.3) is 0 Å². The van der Waals surface area contributed by atoms with E-state index in [1.165, 1.54) is 9.35 Å². The van der Waals surface area contributed by atoms with Crippen LogP contribution < -0.4 is 0 Å². The van der Waals surface area contributed by atoms with Crippen LogP contribution in [0, 0.1) is 0 Å². The van der Waals surface area contributed by atoms with Crippen LogP contribution in [0.4, 0.5) is 0 Å². The van der Waals surface area contributed by atoms with E-state index < -0.39 is 0 Å². The Morgan fingerprint density at radius 1 is 1.67 bits per heavy atom. The quantitative estimate of drug-likeness (QED) is 0.707. The lowest BCUT2D eigenvalue weighted by Crippen LogP contribution is -1.97. The van der Waals surface area contributed by atoms with E-state index in [2.05, 4.69) is 34.3 Å². The molecule has 1 aromatic heterocycles. The molecule has 0 spiro atoms. The van der Waals surface area contributed by atoms with E-state index in [4.69, 9.17) is 11.6 Å². The average molecular weight is 268 g/mol. The zero-order valence-electron chi connectivity index (χ0n) is 7.02. The van der Waals surface area contributed by atoms with Crippen LogP contribution in [0.2, 0.25) is 0 Å². The molecule has 0 saturated heterocycles. The third kappa shape index (κ3) is 3.08. The van der Waals surface area contributed by atoms with Crippen molar-refractivity contribution in [2.75, 3.05) is 0 Å². The number of halogens is 2. The van der Waals surface area contributed by atoms with Crippen molar-refractivity contribution in [3.8, 4) is 0 Å². The predicted molar refractivity (Wildman–Crippen MR) is 60.3 cm³/mol. The predicted octanol–water partition coefficient (Wildman–Crippen LogP) is 4.46. The van der Waals surface area contributed by atoms with E-state index in [-0.39, 0.29) is 0 Å². The van der Waals surface area contributed by atoms with E-state index in [1.54, 1.807) is 11.3 Å². The Kier molecular flexibility index (Phi) is 4.62. The normalized spacial score (nSPS) is 13.2. The smallest absolute Gasteiger partial charge is 0.0336 e. The molecule has 0 saturated carbocycles. The summed E-state index contributed by atoms with van der Waals surface area (Å²) in [4.78, 5) is 1.41. The largest absolute Gasteiger partial charge is 0.148 e. The Hall–Kier alpha value is 0.470. The summed E-state index contributed by atoms with van der Waals surface area (Å²) in [6.45, 7) is 2.13. The van der Waals surface area contributed by atoms with Crippen LogP contribution in [0.5, 0.6) is 0 Å². The number of thiophene rings is 1. The summed E-state index contributed by atoms with van der Waals surface area (Å²) in [5.41, 5.74) is 0. The molecule has 0 aromatic carbocycles. The Labute approximate surface area is 91.1 Å². The zero-order valence-corrected chi connectivity index (χ0v) is 10.2. The second-order valence-corrected chi connectivity index (χ2v) is 5.21. The van der Waals surface area contributed by atoms with Crippen molar-refractivity contribution < 1.29 is 0 Å². The maximum Gasteiger partial charge on any atom is 0.0336 e. The van der Waals surface area contributed by atoms with Gasteiger partial charge in [0, 0.05) is 14.7 Å². The van der Waals surface area contributed by atoms with Gasteiger partial charge in [-0.05, 0) is 46.6 Å². The van der Waals surface area contributed by atoms with Gasteiger partial charge >= 0.3 is 0 Å². The second-order valence-electron chi connectivity index (χ2n) is 2.74. The zero-order chi connectivity index (χ0) is 8.97. The Bertz CT molecular complexity index is 234. The number of hydrogen-bond acceptors (Lipinski definition) is 1. The highest BCUT2D eigenvalue weighted by Gasteiger charge is 2.05. The van der Waals surface area contributed by atoms with Crippen LogP contribution in [0.25, 0.3) is 0 Å². The first-order valence-electron chi connectivity index (χ1n) is 4.10. The van der Waals surface area contributed by atoms with Crippen LogP contribution in [0.15, 0.2) is 15.9 Å². The lowest BCUT2D eigenvalue weighted by molar-refractivity contribution is 0.731. The first-order valence-corrected chi connectivity index (χ1v) is 6.21. The highest BCUT2D eigenvalue weighted by molar-refractivity contribution is 9.10. The second kappa shape index (κ2) is 5.25. The number of aryl methyl sites for hydroxylation is 1. The molecule has 0 fully saturated rings. The number of alkyl halides is 1. The third-order valence-corrected chi connectivity index (χ3v) is 4.33. The van der Waals surface area contributed by atoms with Crippen LogP contribution >= 0.6 is 38.9 Å². The van der Waals surface area contributed by atoms with Crippen molar-refractivity contribution >= 4 is 38.9 Å². The van der Waals surface area contributed by atoms with Crippen molar-refractivity contribution in [2.24, 2.45) is 0 Å². The van der Waals surface area contributed by atoms with E-state index in [1.807, 2.05) is 0 Å². The molecule has 1 aromatic rings. The van der Waals surface area contributed by atoms with Crippen LogP contribution in [0.3, 0.4) is 0 Å². The maximum atomic E-state index is 6.02. The molecule has 0 nitrogen and oxygen atoms in total. The van der Waals surface area contributed by atoms with E-state index in [0.717, 1.165) is 19.3 Å². The molecule has 12 heavy (non-hydrogen) atoms. The van der Waals surface area contributed by atoms with Crippen molar-refractivity contribution in [1.29, 1.82) is 0 Å². The molecular weight excluding hydrogens is 256 g/mol.